The molecule has 0 aromatic heterocycles. The number of nitrogens with zero attached hydrogens (tertiary/aromatic N) is 1. The molecule has 1 heterocycles. The van der Waals surface area contributed by atoms with E-state index in [1.54, 1.807) is 0 Å². The summed E-state index contributed by atoms with van der Waals surface area (Å²) in [5.41, 5.74) is 1.04. The Morgan fingerprint density at radius 2 is 2.33 bits per heavy atom. The largest absolute Gasteiger partial charge is 0.266 e. The molecule has 50 valence electrons. The predicted molar refractivity (Wildman–Crippen MR) is 40.6 cm³/mol. The van der Waals surface area contributed by atoms with Crippen LogP contribution in [0.15, 0.2) is 17.3 Å². The van der Waals surface area contributed by atoms with Gasteiger partial charge in [0.05, 0.1) is 0 Å². The highest BCUT2D eigenvalue weighted by atomic mass is 14.8. The Hall–Kier alpha value is -0.590. The third kappa shape index (κ3) is 1.21. The van der Waals surface area contributed by atoms with Crippen LogP contribution < -0.4 is 0 Å². The summed E-state index contributed by atoms with van der Waals surface area (Å²) < 4.78 is 0. The predicted octanol–water partition coefficient (Wildman–Crippen LogP) is 2.25. The highest BCUT2D eigenvalue weighted by Gasteiger charge is 2.16. The van der Waals surface area contributed by atoms with Crippen molar-refractivity contribution in [2.75, 3.05) is 0 Å². The summed E-state index contributed by atoms with van der Waals surface area (Å²) in [4.78, 5) is 4.14. The second-order valence-electron chi connectivity index (χ2n) is 2.80. The smallest absolute Gasteiger partial charge is 0.0358 e. The molecule has 0 aromatic rings. The van der Waals surface area contributed by atoms with Crippen LogP contribution >= 0.6 is 0 Å². The van der Waals surface area contributed by atoms with Crippen LogP contribution in [0, 0.1) is 11.8 Å². The minimum absolute atomic E-state index is 0.579. The Balaban J connectivity index is 2.69. The fourth-order valence-corrected chi connectivity index (χ4v) is 0.986. The summed E-state index contributed by atoms with van der Waals surface area (Å²) in [6, 6.07) is 0. The van der Waals surface area contributed by atoms with Crippen molar-refractivity contribution in [3.05, 3.63) is 12.3 Å². The molecule has 1 rings (SSSR count). The van der Waals surface area contributed by atoms with Gasteiger partial charge in [0.25, 0.3) is 0 Å². The lowest BCUT2D eigenvalue weighted by molar-refractivity contribution is 0.443. The van der Waals surface area contributed by atoms with Crippen molar-refractivity contribution < 1.29 is 0 Å². The lowest BCUT2D eigenvalue weighted by atomic mass is 9.89. The van der Waals surface area contributed by atoms with Crippen LogP contribution in [0.2, 0.25) is 0 Å². The van der Waals surface area contributed by atoms with Gasteiger partial charge in [-0.15, -0.1) is 0 Å². The van der Waals surface area contributed by atoms with Crippen molar-refractivity contribution in [1.82, 2.24) is 0 Å². The Labute approximate surface area is 56.5 Å². The molecule has 0 aromatic carbocycles. The molecular weight excluding hydrogens is 110 g/mol. The number of hydrogen-bond acceptors (Lipinski definition) is 1. The molecule has 0 saturated carbocycles. The van der Waals surface area contributed by atoms with E-state index in [1.807, 2.05) is 6.21 Å². The molecule has 1 nitrogen and oxygen atoms in total. The highest BCUT2D eigenvalue weighted by molar-refractivity contribution is 5.60. The molecule has 0 bridgehead atoms. The van der Waals surface area contributed by atoms with Crippen LogP contribution in [-0.4, -0.2) is 6.21 Å². The molecule has 0 spiro atoms. The molecule has 0 fully saturated rings. The van der Waals surface area contributed by atoms with Crippen LogP contribution in [0.3, 0.4) is 0 Å². The minimum Gasteiger partial charge on any atom is -0.266 e. The molecule has 0 aliphatic carbocycles. The van der Waals surface area contributed by atoms with Gasteiger partial charge in [-0.2, -0.15) is 0 Å². The van der Waals surface area contributed by atoms with E-state index in [4.69, 9.17) is 0 Å². The number of aliphatic imine (C=N–C) groups is 1. The van der Waals surface area contributed by atoms with Gasteiger partial charge in [0.15, 0.2) is 0 Å². The number of allylic oxidation sites excluding steroid dienone is 1. The van der Waals surface area contributed by atoms with Crippen LogP contribution in [0.4, 0.5) is 0 Å². The topological polar surface area (TPSA) is 12.4 Å². The van der Waals surface area contributed by atoms with Gasteiger partial charge in [0.1, 0.15) is 0 Å². The lowest BCUT2D eigenvalue weighted by Crippen LogP contribution is -2.13. The minimum atomic E-state index is 0.579. The maximum Gasteiger partial charge on any atom is 0.0358 e. The average molecular weight is 123 g/mol. The van der Waals surface area contributed by atoms with E-state index in [2.05, 4.69) is 25.4 Å². The lowest BCUT2D eigenvalue weighted by Gasteiger charge is -2.21. The third-order valence-electron chi connectivity index (χ3n) is 2.11. The first kappa shape index (κ1) is 6.53. The number of rotatable bonds is 0. The zero-order chi connectivity index (χ0) is 6.85. The summed E-state index contributed by atoms with van der Waals surface area (Å²) >= 11 is 0. The van der Waals surface area contributed by atoms with Crippen LogP contribution in [0.1, 0.15) is 20.3 Å². The van der Waals surface area contributed by atoms with Crippen LogP contribution in [-0.2, 0) is 0 Å². The maximum atomic E-state index is 4.14. The van der Waals surface area contributed by atoms with Crippen molar-refractivity contribution in [1.29, 1.82) is 0 Å². The molecule has 0 saturated heterocycles. The SMILES string of the molecule is C=C1N=CC[C@@H](C)[C@H]1C. The van der Waals surface area contributed by atoms with Gasteiger partial charge in [-0.1, -0.05) is 20.4 Å². The highest BCUT2D eigenvalue weighted by Crippen LogP contribution is 2.25. The van der Waals surface area contributed by atoms with Gasteiger partial charge in [-0.3, -0.25) is 4.99 Å². The Morgan fingerprint density at radius 3 is 2.78 bits per heavy atom. The summed E-state index contributed by atoms with van der Waals surface area (Å²) in [7, 11) is 0. The van der Waals surface area contributed by atoms with E-state index in [0.717, 1.165) is 18.0 Å². The van der Waals surface area contributed by atoms with Crippen molar-refractivity contribution in [3.8, 4) is 0 Å². The fraction of sp³-hybridized carbons (Fsp3) is 0.625. The van der Waals surface area contributed by atoms with Crippen molar-refractivity contribution in [2.24, 2.45) is 16.8 Å². The average Bonchev–Trinajstić information content (AvgIpc) is 1.83. The Bertz CT molecular complexity index is 147. The second-order valence-corrected chi connectivity index (χ2v) is 2.80. The third-order valence-corrected chi connectivity index (χ3v) is 2.11. The van der Waals surface area contributed by atoms with Gasteiger partial charge in [0.2, 0.25) is 0 Å². The molecule has 0 radical (unpaired) electrons. The molecule has 1 aliphatic rings. The molecule has 1 aliphatic heterocycles. The number of hydrogen-bond donors (Lipinski definition) is 0. The normalized spacial score (nSPS) is 35.1. The van der Waals surface area contributed by atoms with Crippen molar-refractivity contribution in [2.45, 2.75) is 20.3 Å². The Morgan fingerprint density at radius 1 is 1.67 bits per heavy atom. The van der Waals surface area contributed by atoms with Crippen molar-refractivity contribution in [3.63, 3.8) is 0 Å². The molecule has 2 atom stereocenters. The van der Waals surface area contributed by atoms with Crippen molar-refractivity contribution >= 4 is 6.21 Å². The van der Waals surface area contributed by atoms with Crippen LogP contribution in [0.5, 0.6) is 0 Å². The molecule has 0 unspecified atom stereocenters. The first-order valence-electron chi connectivity index (χ1n) is 3.43. The van der Waals surface area contributed by atoms with E-state index in [9.17, 15) is 0 Å². The first-order valence-corrected chi connectivity index (χ1v) is 3.43. The Kier molecular flexibility index (Phi) is 1.70. The molecule has 0 N–H and O–H groups in total. The zero-order valence-corrected chi connectivity index (χ0v) is 6.09. The quantitative estimate of drug-likeness (QED) is 0.468. The molecular formula is C8H13N. The van der Waals surface area contributed by atoms with Gasteiger partial charge >= 0.3 is 0 Å². The summed E-state index contributed by atoms with van der Waals surface area (Å²) in [6.45, 7) is 8.27. The summed E-state index contributed by atoms with van der Waals surface area (Å²) in [5, 5.41) is 0. The molecule has 9 heavy (non-hydrogen) atoms. The standard InChI is InChI=1S/C8H13N/c1-6-4-5-9-8(3)7(6)2/h5-7H,3-4H2,1-2H3/t6-,7-/m1/s1. The van der Waals surface area contributed by atoms with Gasteiger partial charge in [0, 0.05) is 17.8 Å². The van der Waals surface area contributed by atoms with E-state index >= 15 is 0 Å². The second kappa shape index (κ2) is 2.34. The summed E-state index contributed by atoms with van der Waals surface area (Å²) in [5.74, 6) is 1.31. The van der Waals surface area contributed by atoms with Gasteiger partial charge in [-0.05, 0) is 12.3 Å². The maximum absolute atomic E-state index is 4.14. The monoisotopic (exact) mass is 123 g/mol. The van der Waals surface area contributed by atoms with Gasteiger partial charge in [-0.25, -0.2) is 0 Å². The van der Waals surface area contributed by atoms with E-state index in [-0.39, 0.29) is 0 Å². The van der Waals surface area contributed by atoms with Gasteiger partial charge < -0.3 is 0 Å². The van der Waals surface area contributed by atoms with E-state index in [1.165, 1.54) is 0 Å². The van der Waals surface area contributed by atoms with Crippen LogP contribution in [0.25, 0.3) is 0 Å². The van der Waals surface area contributed by atoms with E-state index in [0.29, 0.717) is 5.92 Å². The van der Waals surface area contributed by atoms with E-state index < -0.39 is 0 Å². The molecule has 1 heteroatoms. The first-order chi connectivity index (χ1) is 4.22. The fourth-order valence-electron chi connectivity index (χ4n) is 0.986. The zero-order valence-electron chi connectivity index (χ0n) is 6.09. The summed E-state index contributed by atoms with van der Waals surface area (Å²) in [6.07, 6.45) is 3.08. The molecule has 0 amide bonds.